The smallest absolute Gasteiger partial charge is 0.0363 e. The minimum atomic E-state index is 0.400. The third-order valence-electron chi connectivity index (χ3n) is 3.89. The van der Waals surface area contributed by atoms with Crippen molar-refractivity contribution in [3.63, 3.8) is 0 Å². The average Bonchev–Trinajstić information content (AvgIpc) is 2.46. The first-order chi connectivity index (χ1) is 9.72. The van der Waals surface area contributed by atoms with Gasteiger partial charge in [-0.05, 0) is 55.5 Å². The van der Waals surface area contributed by atoms with Gasteiger partial charge in [0.2, 0.25) is 0 Å². The van der Waals surface area contributed by atoms with Gasteiger partial charge >= 0.3 is 0 Å². The lowest BCUT2D eigenvalue weighted by Crippen LogP contribution is -2.25. The molecule has 2 aromatic rings. The Bertz CT molecular complexity index is 545. The van der Waals surface area contributed by atoms with Crippen LogP contribution < -0.4 is 5.32 Å². The van der Waals surface area contributed by atoms with Crippen molar-refractivity contribution < 1.29 is 0 Å². The Hall–Kier alpha value is -1.60. The summed E-state index contributed by atoms with van der Waals surface area (Å²) in [6.07, 6.45) is 2.22. The maximum atomic E-state index is 3.70. The van der Waals surface area contributed by atoms with Crippen LogP contribution in [0.25, 0.3) is 0 Å². The predicted octanol–water partition coefficient (Wildman–Crippen LogP) is 4.59. The van der Waals surface area contributed by atoms with E-state index in [-0.39, 0.29) is 0 Å². The second kappa shape index (κ2) is 7.25. The second-order valence-electron chi connectivity index (χ2n) is 5.49. The van der Waals surface area contributed by atoms with Gasteiger partial charge in [0.15, 0.2) is 0 Å². The Morgan fingerprint density at radius 1 is 0.900 bits per heavy atom. The molecular weight excluding hydrogens is 242 g/mol. The third-order valence-corrected chi connectivity index (χ3v) is 3.89. The molecule has 1 N–H and O–H groups in total. The fourth-order valence-corrected chi connectivity index (χ4v) is 2.65. The molecule has 20 heavy (non-hydrogen) atoms. The molecule has 0 spiro atoms. The van der Waals surface area contributed by atoms with Crippen LogP contribution in [0, 0.1) is 13.8 Å². The fourth-order valence-electron chi connectivity index (χ4n) is 2.65. The van der Waals surface area contributed by atoms with E-state index in [1.165, 1.54) is 22.3 Å². The summed E-state index contributed by atoms with van der Waals surface area (Å²) in [5, 5.41) is 3.70. The van der Waals surface area contributed by atoms with Gasteiger partial charge in [0.05, 0.1) is 0 Å². The summed E-state index contributed by atoms with van der Waals surface area (Å²) >= 11 is 0. The van der Waals surface area contributed by atoms with Crippen LogP contribution in [0.5, 0.6) is 0 Å². The Morgan fingerprint density at radius 2 is 1.55 bits per heavy atom. The maximum absolute atomic E-state index is 3.70. The summed E-state index contributed by atoms with van der Waals surface area (Å²) in [4.78, 5) is 0. The van der Waals surface area contributed by atoms with Crippen molar-refractivity contribution in [3.8, 4) is 0 Å². The first-order valence-corrected chi connectivity index (χ1v) is 7.55. The highest BCUT2D eigenvalue weighted by atomic mass is 14.9. The van der Waals surface area contributed by atoms with Crippen LogP contribution >= 0.6 is 0 Å². The molecule has 0 aromatic heterocycles. The van der Waals surface area contributed by atoms with E-state index >= 15 is 0 Å². The summed E-state index contributed by atoms with van der Waals surface area (Å²) in [6.45, 7) is 7.68. The van der Waals surface area contributed by atoms with Gasteiger partial charge < -0.3 is 5.32 Å². The fraction of sp³-hybridized carbons (Fsp3) is 0.368. The zero-order valence-corrected chi connectivity index (χ0v) is 12.8. The van der Waals surface area contributed by atoms with E-state index in [0.717, 1.165) is 19.4 Å². The highest BCUT2D eigenvalue weighted by Gasteiger charge is 2.14. The van der Waals surface area contributed by atoms with E-state index in [4.69, 9.17) is 0 Å². The van der Waals surface area contributed by atoms with Crippen LogP contribution in [-0.4, -0.2) is 6.54 Å². The van der Waals surface area contributed by atoms with Crippen LogP contribution in [0.1, 0.15) is 41.6 Å². The number of hydrogen-bond donors (Lipinski definition) is 1. The number of hydrogen-bond acceptors (Lipinski definition) is 1. The average molecular weight is 267 g/mol. The Balaban J connectivity index is 2.24. The number of nitrogens with one attached hydrogen (secondary N) is 1. The molecular formula is C19H25N. The predicted molar refractivity (Wildman–Crippen MR) is 87.1 cm³/mol. The van der Waals surface area contributed by atoms with Crippen LogP contribution in [0.4, 0.5) is 0 Å². The topological polar surface area (TPSA) is 12.0 Å². The Kier molecular flexibility index (Phi) is 5.37. The van der Waals surface area contributed by atoms with Gasteiger partial charge in [-0.15, -0.1) is 0 Å². The van der Waals surface area contributed by atoms with Gasteiger partial charge in [-0.2, -0.15) is 0 Å². The van der Waals surface area contributed by atoms with E-state index in [2.05, 4.69) is 74.6 Å². The van der Waals surface area contributed by atoms with E-state index in [1.807, 2.05) is 0 Å². The molecule has 0 saturated heterocycles. The van der Waals surface area contributed by atoms with Crippen LogP contribution in [0.15, 0.2) is 48.5 Å². The molecule has 0 aliphatic heterocycles. The normalized spacial score (nSPS) is 12.3. The Labute approximate surface area is 123 Å². The minimum Gasteiger partial charge on any atom is -0.310 e. The van der Waals surface area contributed by atoms with Crippen molar-refractivity contribution in [2.24, 2.45) is 0 Å². The molecule has 0 radical (unpaired) electrons. The standard InChI is InChI=1S/C19H25N/c1-4-13-20-19(18-12-8-6-10-16(18)3)14-17-11-7-5-9-15(17)2/h5-12,19-20H,4,13-14H2,1-3H3. The third kappa shape index (κ3) is 3.71. The van der Waals surface area contributed by atoms with Crippen LogP contribution in [0.2, 0.25) is 0 Å². The van der Waals surface area contributed by atoms with Gasteiger partial charge in [0, 0.05) is 6.04 Å². The van der Waals surface area contributed by atoms with E-state index in [9.17, 15) is 0 Å². The molecule has 1 nitrogen and oxygen atoms in total. The molecule has 0 aliphatic carbocycles. The minimum absolute atomic E-state index is 0.400. The van der Waals surface area contributed by atoms with Crippen molar-refractivity contribution in [2.45, 2.75) is 39.7 Å². The monoisotopic (exact) mass is 267 g/mol. The molecule has 0 amide bonds. The zero-order valence-electron chi connectivity index (χ0n) is 12.8. The van der Waals surface area contributed by atoms with Gasteiger partial charge in [-0.3, -0.25) is 0 Å². The number of rotatable bonds is 6. The molecule has 0 fully saturated rings. The van der Waals surface area contributed by atoms with Crippen molar-refractivity contribution in [1.29, 1.82) is 0 Å². The number of aryl methyl sites for hydroxylation is 2. The first-order valence-electron chi connectivity index (χ1n) is 7.55. The van der Waals surface area contributed by atoms with E-state index < -0.39 is 0 Å². The van der Waals surface area contributed by atoms with Crippen molar-refractivity contribution in [1.82, 2.24) is 5.32 Å². The Morgan fingerprint density at radius 3 is 2.20 bits per heavy atom. The molecule has 106 valence electrons. The van der Waals surface area contributed by atoms with Gasteiger partial charge in [0.1, 0.15) is 0 Å². The van der Waals surface area contributed by atoms with Gasteiger partial charge in [-0.1, -0.05) is 55.5 Å². The van der Waals surface area contributed by atoms with Crippen LogP contribution in [-0.2, 0) is 6.42 Å². The lowest BCUT2D eigenvalue weighted by Gasteiger charge is -2.22. The van der Waals surface area contributed by atoms with E-state index in [0.29, 0.717) is 6.04 Å². The molecule has 2 rings (SSSR count). The maximum Gasteiger partial charge on any atom is 0.0363 e. The van der Waals surface area contributed by atoms with Crippen molar-refractivity contribution in [2.75, 3.05) is 6.54 Å². The molecule has 0 bridgehead atoms. The largest absolute Gasteiger partial charge is 0.310 e. The molecule has 0 aliphatic rings. The molecule has 1 atom stereocenters. The zero-order chi connectivity index (χ0) is 14.4. The summed E-state index contributed by atoms with van der Waals surface area (Å²) in [7, 11) is 0. The summed E-state index contributed by atoms with van der Waals surface area (Å²) in [6, 6.07) is 17.8. The molecule has 1 unspecified atom stereocenters. The summed E-state index contributed by atoms with van der Waals surface area (Å²) in [5.74, 6) is 0. The van der Waals surface area contributed by atoms with Crippen LogP contribution in [0.3, 0.4) is 0 Å². The summed E-state index contributed by atoms with van der Waals surface area (Å²) in [5.41, 5.74) is 5.60. The molecule has 0 heterocycles. The van der Waals surface area contributed by atoms with E-state index in [1.54, 1.807) is 0 Å². The lowest BCUT2D eigenvalue weighted by atomic mass is 9.93. The number of benzene rings is 2. The lowest BCUT2D eigenvalue weighted by molar-refractivity contribution is 0.526. The summed E-state index contributed by atoms with van der Waals surface area (Å²) < 4.78 is 0. The van der Waals surface area contributed by atoms with Gasteiger partial charge in [-0.25, -0.2) is 0 Å². The second-order valence-corrected chi connectivity index (χ2v) is 5.49. The SMILES string of the molecule is CCCNC(Cc1ccccc1C)c1ccccc1C. The highest BCUT2D eigenvalue weighted by molar-refractivity contribution is 5.33. The molecule has 0 saturated carbocycles. The quantitative estimate of drug-likeness (QED) is 0.807. The highest BCUT2D eigenvalue weighted by Crippen LogP contribution is 2.23. The molecule has 2 aromatic carbocycles. The molecule has 1 heteroatoms. The van der Waals surface area contributed by atoms with Crippen molar-refractivity contribution >= 4 is 0 Å². The first kappa shape index (κ1) is 14.8. The van der Waals surface area contributed by atoms with Crippen molar-refractivity contribution in [3.05, 3.63) is 70.8 Å². The van der Waals surface area contributed by atoms with Gasteiger partial charge in [0.25, 0.3) is 0 Å².